The number of amides is 1. The second kappa shape index (κ2) is 10.0. The van der Waals surface area contributed by atoms with Crippen LogP contribution in [0, 0.1) is 0 Å². The fraction of sp³-hybridized carbons (Fsp3) is 0.217. The van der Waals surface area contributed by atoms with E-state index in [1.165, 1.54) is 6.08 Å². The first-order valence-electron chi connectivity index (χ1n) is 9.98. The standard InChI is InChI=1S/C23H25ClN4O3S/c1-15(10-13-32(3,30)31)27-23(29)17-8-9-21(19(14-17)22-25-11-12-26-22)28-16(2)18-6-4-5-7-20(18)24/h4-16,28H,1-3H3,(H,25,26)(H,27,29)/b13-10+/t15-,16+/m1/s1. The van der Waals surface area contributed by atoms with E-state index >= 15 is 0 Å². The highest BCUT2D eigenvalue weighted by Gasteiger charge is 2.16. The van der Waals surface area contributed by atoms with Crippen LogP contribution < -0.4 is 10.6 Å². The van der Waals surface area contributed by atoms with Gasteiger partial charge in [0.25, 0.3) is 5.91 Å². The number of rotatable bonds is 8. The van der Waals surface area contributed by atoms with Crippen LogP contribution in [0.3, 0.4) is 0 Å². The van der Waals surface area contributed by atoms with Crippen molar-refractivity contribution >= 4 is 33.0 Å². The van der Waals surface area contributed by atoms with Gasteiger partial charge < -0.3 is 15.6 Å². The summed E-state index contributed by atoms with van der Waals surface area (Å²) in [6.45, 7) is 3.71. The maximum Gasteiger partial charge on any atom is 0.251 e. The predicted molar refractivity (Wildman–Crippen MR) is 128 cm³/mol. The highest BCUT2D eigenvalue weighted by molar-refractivity contribution is 7.93. The van der Waals surface area contributed by atoms with Crippen LogP contribution in [0.25, 0.3) is 11.4 Å². The number of hydrogen-bond donors (Lipinski definition) is 3. The summed E-state index contributed by atoms with van der Waals surface area (Å²) in [5.41, 5.74) is 2.88. The molecule has 7 nitrogen and oxygen atoms in total. The molecule has 1 aromatic heterocycles. The first-order chi connectivity index (χ1) is 15.1. The van der Waals surface area contributed by atoms with Gasteiger partial charge in [0.1, 0.15) is 5.82 Å². The zero-order valence-electron chi connectivity index (χ0n) is 18.0. The lowest BCUT2D eigenvalue weighted by Crippen LogP contribution is -2.31. The Bertz CT molecular complexity index is 1220. The van der Waals surface area contributed by atoms with Crippen molar-refractivity contribution in [3.8, 4) is 11.4 Å². The topological polar surface area (TPSA) is 104 Å². The van der Waals surface area contributed by atoms with Crippen molar-refractivity contribution in [2.24, 2.45) is 0 Å². The number of aromatic nitrogens is 2. The van der Waals surface area contributed by atoms with E-state index in [-0.39, 0.29) is 11.9 Å². The Morgan fingerprint density at radius 3 is 2.59 bits per heavy atom. The molecule has 0 aliphatic heterocycles. The minimum absolute atomic E-state index is 0.0850. The molecule has 2 atom stereocenters. The maximum atomic E-state index is 12.7. The van der Waals surface area contributed by atoms with E-state index in [1.54, 1.807) is 31.5 Å². The first-order valence-corrected chi connectivity index (χ1v) is 12.3. The zero-order valence-corrected chi connectivity index (χ0v) is 19.5. The van der Waals surface area contributed by atoms with Crippen LogP contribution in [0.1, 0.15) is 35.8 Å². The van der Waals surface area contributed by atoms with Crippen LogP contribution in [0.15, 0.2) is 66.3 Å². The van der Waals surface area contributed by atoms with Crippen LogP contribution in [0.5, 0.6) is 0 Å². The Morgan fingerprint density at radius 2 is 1.94 bits per heavy atom. The molecule has 0 bridgehead atoms. The Balaban J connectivity index is 1.87. The minimum atomic E-state index is -3.26. The molecule has 0 radical (unpaired) electrons. The van der Waals surface area contributed by atoms with Crippen molar-refractivity contribution in [3.63, 3.8) is 0 Å². The largest absolute Gasteiger partial charge is 0.378 e. The highest BCUT2D eigenvalue weighted by atomic mass is 35.5. The molecule has 0 saturated heterocycles. The molecule has 1 amide bonds. The Morgan fingerprint density at radius 1 is 1.19 bits per heavy atom. The number of anilines is 1. The summed E-state index contributed by atoms with van der Waals surface area (Å²) in [5.74, 6) is 0.285. The van der Waals surface area contributed by atoms with Gasteiger partial charge in [-0.25, -0.2) is 13.4 Å². The summed E-state index contributed by atoms with van der Waals surface area (Å²) < 4.78 is 22.6. The van der Waals surface area contributed by atoms with Crippen molar-refractivity contribution in [1.82, 2.24) is 15.3 Å². The molecular formula is C23H25ClN4O3S. The number of carbonyl (C=O) groups is 1. The number of nitrogens with zero attached hydrogens (tertiary/aromatic N) is 1. The lowest BCUT2D eigenvalue weighted by Gasteiger charge is -2.20. The Kier molecular flexibility index (Phi) is 7.37. The normalized spacial score (nSPS) is 13.6. The van der Waals surface area contributed by atoms with Gasteiger partial charge in [-0.15, -0.1) is 0 Å². The molecule has 0 aliphatic rings. The summed E-state index contributed by atoms with van der Waals surface area (Å²) in [6.07, 6.45) is 5.88. The lowest BCUT2D eigenvalue weighted by atomic mass is 10.0. The number of hydrogen-bond acceptors (Lipinski definition) is 5. The third-order valence-electron chi connectivity index (χ3n) is 4.75. The molecule has 0 fully saturated rings. The van der Waals surface area contributed by atoms with E-state index in [0.29, 0.717) is 16.4 Å². The van der Waals surface area contributed by atoms with E-state index in [0.717, 1.165) is 28.5 Å². The van der Waals surface area contributed by atoms with Gasteiger partial charge in [0.15, 0.2) is 9.84 Å². The van der Waals surface area contributed by atoms with E-state index in [2.05, 4.69) is 20.6 Å². The average molecular weight is 473 g/mol. The highest BCUT2D eigenvalue weighted by Crippen LogP contribution is 2.31. The van der Waals surface area contributed by atoms with Gasteiger partial charge in [0.05, 0.1) is 6.04 Å². The molecule has 0 aliphatic carbocycles. The fourth-order valence-electron chi connectivity index (χ4n) is 3.16. The van der Waals surface area contributed by atoms with E-state index in [1.807, 2.05) is 37.3 Å². The number of halogens is 1. The number of sulfone groups is 1. The number of nitrogens with one attached hydrogen (secondary N) is 3. The molecule has 3 rings (SSSR count). The van der Waals surface area contributed by atoms with Gasteiger partial charge in [0, 0.05) is 51.9 Å². The number of carbonyl (C=O) groups excluding carboxylic acids is 1. The molecule has 3 aromatic rings. The molecular weight excluding hydrogens is 448 g/mol. The van der Waals surface area contributed by atoms with Crippen molar-refractivity contribution in [1.29, 1.82) is 0 Å². The molecule has 9 heteroatoms. The number of H-pyrrole nitrogens is 1. The SMILES string of the molecule is C[C@H](/C=C/S(C)(=O)=O)NC(=O)c1ccc(N[C@@H](C)c2ccccc2Cl)c(-c2ncc[nH]2)c1. The van der Waals surface area contributed by atoms with Crippen LogP contribution in [0.2, 0.25) is 5.02 Å². The monoisotopic (exact) mass is 472 g/mol. The van der Waals surface area contributed by atoms with Gasteiger partial charge in [-0.3, -0.25) is 4.79 Å². The van der Waals surface area contributed by atoms with Crippen molar-refractivity contribution in [2.75, 3.05) is 11.6 Å². The summed E-state index contributed by atoms with van der Waals surface area (Å²) in [4.78, 5) is 20.1. The van der Waals surface area contributed by atoms with Gasteiger partial charge in [-0.2, -0.15) is 0 Å². The summed E-state index contributed by atoms with van der Waals surface area (Å²) in [5, 5.41) is 7.97. The third-order valence-corrected chi connectivity index (χ3v) is 5.75. The lowest BCUT2D eigenvalue weighted by molar-refractivity contribution is 0.0947. The van der Waals surface area contributed by atoms with Crippen molar-refractivity contribution in [3.05, 3.63) is 82.5 Å². The Hall–Kier alpha value is -3.10. The second-order valence-corrected chi connectivity index (χ2v) is 9.84. The summed E-state index contributed by atoms with van der Waals surface area (Å²) in [7, 11) is -3.26. The van der Waals surface area contributed by atoms with Gasteiger partial charge >= 0.3 is 0 Å². The molecule has 32 heavy (non-hydrogen) atoms. The molecule has 1 heterocycles. The molecule has 0 saturated carbocycles. The van der Waals surface area contributed by atoms with E-state index in [9.17, 15) is 13.2 Å². The zero-order chi connectivity index (χ0) is 23.3. The van der Waals surface area contributed by atoms with Crippen molar-refractivity contribution in [2.45, 2.75) is 25.9 Å². The van der Waals surface area contributed by atoms with Crippen molar-refractivity contribution < 1.29 is 13.2 Å². The fourth-order valence-corrected chi connectivity index (χ4v) is 3.98. The predicted octanol–water partition coefficient (Wildman–Crippen LogP) is 4.58. The van der Waals surface area contributed by atoms with Crippen LogP contribution in [0.4, 0.5) is 5.69 Å². The average Bonchev–Trinajstić information content (AvgIpc) is 3.27. The number of aromatic amines is 1. The number of imidazole rings is 1. The second-order valence-electron chi connectivity index (χ2n) is 7.51. The van der Waals surface area contributed by atoms with Crippen LogP contribution in [-0.4, -0.2) is 36.6 Å². The minimum Gasteiger partial charge on any atom is -0.378 e. The third kappa shape index (κ3) is 6.21. The van der Waals surface area contributed by atoms with E-state index < -0.39 is 15.9 Å². The van der Waals surface area contributed by atoms with E-state index in [4.69, 9.17) is 11.6 Å². The molecule has 0 spiro atoms. The molecule has 168 valence electrons. The quantitative estimate of drug-likeness (QED) is 0.445. The van der Waals surface area contributed by atoms with Crippen LogP contribution in [-0.2, 0) is 9.84 Å². The smallest absolute Gasteiger partial charge is 0.251 e. The van der Waals surface area contributed by atoms with Gasteiger partial charge in [-0.05, 0) is 43.7 Å². The van der Waals surface area contributed by atoms with Crippen LogP contribution >= 0.6 is 11.6 Å². The molecule has 0 unspecified atom stereocenters. The summed E-state index contributed by atoms with van der Waals surface area (Å²) >= 11 is 6.34. The van der Waals surface area contributed by atoms with Gasteiger partial charge in [0.2, 0.25) is 0 Å². The maximum absolute atomic E-state index is 12.7. The molecule has 2 aromatic carbocycles. The summed E-state index contributed by atoms with van der Waals surface area (Å²) in [6, 6.07) is 12.3. The Labute approximate surface area is 192 Å². The first kappa shape index (κ1) is 23.6. The molecule has 3 N–H and O–H groups in total. The number of benzene rings is 2. The van der Waals surface area contributed by atoms with Gasteiger partial charge in [-0.1, -0.05) is 35.9 Å².